The molecule has 110 valence electrons. The van der Waals surface area contributed by atoms with Crippen molar-refractivity contribution in [1.82, 2.24) is 10.3 Å². The molecule has 2 heterocycles. The molecule has 1 amide bonds. The van der Waals surface area contributed by atoms with Gasteiger partial charge in [-0.25, -0.2) is 4.98 Å². The van der Waals surface area contributed by atoms with E-state index in [1.165, 1.54) is 0 Å². The van der Waals surface area contributed by atoms with Gasteiger partial charge in [-0.3, -0.25) is 4.79 Å². The van der Waals surface area contributed by atoms with E-state index in [9.17, 15) is 4.79 Å². The molecule has 1 aliphatic rings. The Kier molecular flexibility index (Phi) is 5.35. The molecule has 1 fully saturated rings. The number of nitrogens with one attached hydrogen (secondary N) is 1. The lowest BCUT2D eigenvalue weighted by molar-refractivity contribution is -0.121. The SMILES string of the molecule is CC(C)CC(=O)NCc1cccnc1N1CCOCC1. The highest BCUT2D eigenvalue weighted by molar-refractivity contribution is 5.76. The van der Waals surface area contributed by atoms with Crippen molar-refractivity contribution in [1.29, 1.82) is 0 Å². The summed E-state index contributed by atoms with van der Waals surface area (Å²) < 4.78 is 5.36. The Morgan fingerprint density at radius 1 is 1.45 bits per heavy atom. The number of carbonyl (C=O) groups excluding carboxylic acids is 1. The van der Waals surface area contributed by atoms with E-state index in [1.807, 2.05) is 26.0 Å². The number of anilines is 1. The van der Waals surface area contributed by atoms with E-state index < -0.39 is 0 Å². The number of nitrogens with zero attached hydrogens (tertiary/aromatic N) is 2. The van der Waals surface area contributed by atoms with Crippen LogP contribution in [-0.2, 0) is 16.1 Å². The topological polar surface area (TPSA) is 54.5 Å². The lowest BCUT2D eigenvalue weighted by Gasteiger charge is -2.29. The van der Waals surface area contributed by atoms with E-state index in [-0.39, 0.29) is 5.91 Å². The Labute approximate surface area is 120 Å². The third-order valence-electron chi connectivity index (χ3n) is 3.25. The Bertz CT molecular complexity index is 442. The second kappa shape index (κ2) is 7.24. The molecule has 0 aliphatic carbocycles. The molecule has 1 saturated heterocycles. The summed E-state index contributed by atoms with van der Waals surface area (Å²) in [6.45, 7) is 7.79. The second-order valence-electron chi connectivity index (χ2n) is 5.46. The predicted octanol–water partition coefficient (Wildman–Crippen LogP) is 1.58. The maximum Gasteiger partial charge on any atom is 0.220 e. The fourth-order valence-electron chi connectivity index (χ4n) is 2.26. The standard InChI is InChI=1S/C15H23N3O2/c1-12(2)10-14(19)17-11-13-4-3-5-16-15(13)18-6-8-20-9-7-18/h3-5,12H,6-11H2,1-2H3,(H,17,19). The number of rotatable bonds is 5. The van der Waals surface area contributed by atoms with Crippen molar-refractivity contribution in [3.63, 3.8) is 0 Å². The number of pyridine rings is 1. The molecule has 1 aliphatic heterocycles. The van der Waals surface area contributed by atoms with Crippen LogP contribution in [0.25, 0.3) is 0 Å². The Morgan fingerprint density at radius 2 is 2.20 bits per heavy atom. The van der Waals surface area contributed by atoms with Gasteiger partial charge in [0.15, 0.2) is 0 Å². The number of carbonyl (C=O) groups is 1. The van der Waals surface area contributed by atoms with Crippen LogP contribution in [0.5, 0.6) is 0 Å². The average molecular weight is 277 g/mol. The summed E-state index contributed by atoms with van der Waals surface area (Å²) in [6, 6.07) is 3.93. The quantitative estimate of drug-likeness (QED) is 0.888. The fourth-order valence-corrected chi connectivity index (χ4v) is 2.26. The van der Waals surface area contributed by atoms with Crippen LogP contribution in [0.3, 0.4) is 0 Å². The molecule has 1 aromatic rings. The van der Waals surface area contributed by atoms with Gasteiger partial charge in [0.05, 0.1) is 13.2 Å². The summed E-state index contributed by atoms with van der Waals surface area (Å²) in [4.78, 5) is 18.4. The first kappa shape index (κ1) is 14.8. The summed E-state index contributed by atoms with van der Waals surface area (Å²) in [5.41, 5.74) is 1.06. The summed E-state index contributed by atoms with van der Waals surface area (Å²) in [7, 11) is 0. The van der Waals surface area contributed by atoms with E-state index >= 15 is 0 Å². The molecule has 5 heteroatoms. The molecular formula is C15H23N3O2. The lowest BCUT2D eigenvalue weighted by atomic mass is 10.1. The van der Waals surface area contributed by atoms with Gasteiger partial charge in [-0.15, -0.1) is 0 Å². The van der Waals surface area contributed by atoms with Gasteiger partial charge in [0.2, 0.25) is 5.91 Å². The van der Waals surface area contributed by atoms with Gasteiger partial charge in [0.25, 0.3) is 0 Å². The van der Waals surface area contributed by atoms with E-state index in [2.05, 4.69) is 15.2 Å². The van der Waals surface area contributed by atoms with Crippen molar-refractivity contribution in [2.24, 2.45) is 5.92 Å². The molecule has 5 nitrogen and oxygen atoms in total. The first-order valence-electron chi connectivity index (χ1n) is 7.20. The van der Waals surface area contributed by atoms with Crippen LogP contribution in [-0.4, -0.2) is 37.2 Å². The first-order valence-corrected chi connectivity index (χ1v) is 7.20. The molecular weight excluding hydrogens is 254 g/mol. The van der Waals surface area contributed by atoms with E-state index in [0.717, 1.165) is 37.7 Å². The summed E-state index contributed by atoms with van der Waals surface area (Å²) in [6.07, 6.45) is 2.36. The first-order chi connectivity index (χ1) is 9.66. The smallest absolute Gasteiger partial charge is 0.220 e. The molecule has 1 aromatic heterocycles. The van der Waals surface area contributed by atoms with Gasteiger partial charge in [0.1, 0.15) is 5.82 Å². The van der Waals surface area contributed by atoms with Crippen LogP contribution in [0, 0.1) is 5.92 Å². The highest BCUT2D eigenvalue weighted by Crippen LogP contribution is 2.18. The molecule has 0 aromatic carbocycles. The summed E-state index contributed by atoms with van der Waals surface area (Å²) in [5.74, 6) is 1.43. The molecule has 0 atom stereocenters. The largest absolute Gasteiger partial charge is 0.378 e. The highest BCUT2D eigenvalue weighted by atomic mass is 16.5. The van der Waals surface area contributed by atoms with Crippen molar-refractivity contribution in [2.75, 3.05) is 31.2 Å². The molecule has 20 heavy (non-hydrogen) atoms. The van der Waals surface area contributed by atoms with Gasteiger partial charge in [0, 0.05) is 37.8 Å². The van der Waals surface area contributed by atoms with E-state index in [0.29, 0.717) is 18.9 Å². The third kappa shape index (κ3) is 4.20. The Morgan fingerprint density at radius 3 is 2.90 bits per heavy atom. The number of aromatic nitrogens is 1. The van der Waals surface area contributed by atoms with Crippen molar-refractivity contribution in [3.8, 4) is 0 Å². The number of hydrogen-bond acceptors (Lipinski definition) is 4. The molecule has 0 saturated carbocycles. The molecule has 2 rings (SSSR count). The minimum atomic E-state index is 0.0942. The fraction of sp³-hybridized carbons (Fsp3) is 0.600. The van der Waals surface area contributed by atoms with Gasteiger partial charge in [-0.2, -0.15) is 0 Å². The summed E-state index contributed by atoms with van der Waals surface area (Å²) >= 11 is 0. The molecule has 0 spiro atoms. The lowest BCUT2D eigenvalue weighted by Crippen LogP contribution is -2.37. The number of ether oxygens (including phenoxy) is 1. The van der Waals surface area contributed by atoms with Gasteiger partial charge in [-0.1, -0.05) is 19.9 Å². The van der Waals surface area contributed by atoms with Crippen LogP contribution in [0.15, 0.2) is 18.3 Å². The zero-order valence-electron chi connectivity index (χ0n) is 12.3. The van der Waals surface area contributed by atoms with Crippen LogP contribution in [0.1, 0.15) is 25.8 Å². The van der Waals surface area contributed by atoms with Crippen molar-refractivity contribution < 1.29 is 9.53 Å². The van der Waals surface area contributed by atoms with Gasteiger partial charge < -0.3 is 15.0 Å². The monoisotopic (exact) mass is 277 g/mol. The van der Waals surface area contributed by atoms with Crippen molar-refractivity contribution in [2.45, 2.75) is 26.8 Å². The van der Waals surface area contributed by atoms with Crippen molar-refractivity contribution >= 4 is 11.7 Å². The minimum Gasteiger partial charge on any atom is -0.378 e. The van der Waals surface area contributed by atoms with Gasteiger partial charge in [-0.05, 0) is 12.0 Å². The predicted molar refractivity (Wildman–Crippen MR) is 78.6 cm³/mol. The number of morpholine rings is 1. The van der Waals surface area contributed by atoms with E-state index in [4.69, 9.17) is 4.74 Å². The van der Waals surface area contributed by atoms with Crippen LogP contribution in [0.4, 0.5) is 5.82 Å². The zero-order valence-corrected chi connectivity index (χ0v) is 12.3. The normalized spacial score (nSPS) is 15.4. The molecule has 0 radical (unpaired) electrons. The molecule has 1 N–H and O–H groups in total. The Hall–Kier alpha value is -1.62. The van der Waals surface area contributed by atoms with Crippen molar-refractivity contribution in [3.05, 3.63) is 23.9 Å². The maximum atomic E-state index is 11.7. The minimum absolute atomic E-state index is 0.0942. The molecule has 0 unspecified atom stereocenters. The Balaban J connectivity index is 1.98. The zero-order chi connectivity index (χ0) is 14.4. The number of hydrogen-bond donors (Lipinski definition) is 1. The highest BCUT2D eigenvalue weighted by Gasteiger charge is 2.16. The van der Waals surface area contributed by atoms with Crippen LogP contribution >= 0.6 is 0 Å². The third-order valence-corrected chi connectivity index (χ3v) is 3.25. The number of amides is 1. The second-order valence-corrected chi connectivity index (χ2v) is 5.46. The maximum absolute atomic E-state index is 11.7. The van der Waals surface area contributed by atoms with E-state index in [1.54, 1.807) is 6.20 Å². The molecule has 0 bridgehead atoms. The van der Waals surface area contributed by atoms with Gasteiger partial charge >= 0.3 is 0 Å². The van der Waals surface area contributed by atoms with Crippen LogP contribution < -0.4 is 10.2 Å². The van der Waals surface area contributed by atoms with Crippen LogP contribution in [0.2, 0.25) is 0 Å². The average Bonchev–Trinajstić information content (AvgIpc) is 2.46. The summed E-state index contributed by atoms with van der Waals surface area (Å²) in [5, 5.41) is 2.97.